The van der Waals surface area contributed by atoms with Gasteiger partial charge in [-0.25, -0.2) is 0 Å². The lowest BCUT2D eigenvalue weighted by Crippen LogP contribution is -2.32. The Morgan fingerprint density at radius 1 is 1.38 bits per heavy atom. The lowest BCUT2D eigenvalue weighted by Gasteiger charge is -2.15. The van der Waals surface area contributed by atoms with Crippen LogP contribution in [0.5, 0.6) is 0 Å². The molecule has 0 saturated carbocycles. The van der Waals surface area contributed by atoms with E-state index in [1.165, 1.54) is 4.90 Å². The zero-order valence-electron chi connectivity index (χ0n) is 7.53. The first-order chi connectivity index (χ1) is 6.15. The number of amides is 1. The number of nitrogens with two attached hydrogens (primary N) is 2. The maximum absolute atomic E-state index is 11.2. The SMILES string of the molecule is CN(C(=O)CN)c1ccc(N)cc1. The smallest absolute Gasteiger partial charge is 0.240 e. The Bertz CT molecular complexity index is 294. The fourth-order valence-corrected chi connectivity index (χ4v) is 0.979. The van der Waals surface area contributed by atoms with Crippen molar-refractivity contribution in [3.63, 3.8) is 0 Å². The number of hydrogen-bond acceptors (Lipinski definition) is 3. The molecule has 0 radical (unpaired) electrons. The first-order valence-electron chi connectivity index (χ1n) is 3.97. The van der Waals surface area contributed by atoms with Gasteiger partial charge in [-0.2, -0.15) is 0 Å². The molecule has 0 spiro atoms. The average molecular weight is 179 g/mol. The standard InChI is InChI=1S/C9H13N3O/c1-12(9(13)6-10)8-4-2-7(11)3-5-8/h2-5H,6,10-11H2,1H3. The fourth-order valence-electron chi connectivity index (χ4n) is 0.979. The molecule has 1 aromatic rings. The van der Waals surface area contributed by atoms with Gasteiger partial charge in [-0.15, -0.1) is 0 Å². The van der Waals surface area contributed by atoms with Crippen molar-refractivity contribution in [1.82, 2.24) is 0 Å². The topological polar surface area (TPSA) is 72.3 Å². The van der Waals surface area contributed by atoms with Crippen molar-refractivity contribution in [3.05, 3.63) is 24.3 Å². The van der Waals surface area contributed by atoms with E-state index in [0.717, 1.165) is 5.69 Å². The molecule has 0 heterocycles. The van der Waals surface area contributed by atoms with Gasteiger partial charge < -0.3 is 16.4 Å². The van der Waals surface area contributed by atoms with Gasteiger partial charge in [-0.05, 0) is 24.3 Å². The number of rotatable bonds is 2. The van der Waals surface area contributed by atoms with Crippen molar-refractivity contribution in [2.24, 2.45) is 5.73 Å². The van der Waals surface area contributed by atoms with Crippen LogP contribution in [0.2, 0.25) is 0 Å². The number of benzene rings is 1. The number of likely N-dealkylation sites (N-methyl/N-ethyl adjacent to an activating group) is 1. The summed E-state index contributed by atoms with van der Waals surface area (Å²) in [5.74, 6) is -0.121. The van der Waals surface area contributed by atoms with E-state index in [4.69, 9.17) is 11.5 Å². The minimum atomic E-state index is -0.121. The second-order valence-corrected chi connectivity index (χ2v) is 2.75. The Morgan fingerprint density at radius 2 is 1.92 bits per heavy atom. The van der Waals surface area contributed by atoms with Crippen LogP contribution in [0, 0.1) is 0 Å². The minimum absolute atomic E-state index is 0.0148. The molecule has 0 atom stereocenters. The molecular weight excluding hydrogens is 166 g/mol. The Kier molecular flexibility index (Phi) is 2.87. The molecule has 0 fully saturated rings. The summed E-state index contributed by atoms with van der Waals surface area (Å²) in [5.41, 5.74) is 12.2. The molecule has 0 bridgehead atoms. The van der Waals surface area contributed by atoms with Crippen LogP contribution in [0.25, 0.3) is 0 Å². The van der Waals surface area contributed by atoms with E-state index in [0.29, 0.717) is 5.69 Å². The molecule has 4 heteroatoms. The van der Waals surface area contributed by atoms with Crippen molar-refractivity contribution in [2.45, 2.75) is 0 Å². The Hall–Kier alpha value is -1.55. The summed E-state index contributed by atoms with van der Waals surface area (Å²) in [6.07, 6.45) is 0. The van der Waals surface area contributed by atoms with Gasteiger partial charge in [0.05, 0.1) is 6.54 Å². The minimum Gasteiger partial charge on any atom is -0.399 e. The highest BCUT2D eigenvalue weighted by Gasteiger charge is 2.07. The van der Waals surface area contributed by atoms with E-state index in [9.17, 15) is 4.79 Å². The Balaban J connectivity index is 2.83. The third-order valence-electron chi connectivity index (χ3n) is 1.83. The van der Waals surface area contributed by atoms with Crippen molar-refractivity contribution in [1.29, 1.82) is 0 Å². The molecule has 0 aliphatic carbocycles. The molecule has 0 unspecified atom stereocenters. The largest absolute Gasteiger partial charge is 0.399 e. The van der Waals surface area contributed by atoms with Crippen molar-refractivity contribution < 1.29 is 4.79 Å². The van der Waals surface area contributed by atoms with E-state index in [2.05, 4.69) is 0 Å². The van der Waals surface area contributed by atoms with Gasteiger partial charge in [0.1, 0.15) is 0 Å². The number of nitrogens with zero attached hydrogens (tertiary/aromatic N) is 1. The van der Waals surface area contributed by atoms with Gasteiger partial charge in [0.2, 0.25) is 5.91 Å². The molecule has 0 aliphatic heterocycles. The highest BCUT2D eigenvalue weighted by Crippen LogP contribution is 2.14. The van der Waals surface area contributed by atoms with E-state index in [1.54, 1.807) is 31.3 Å². The van der Waals surface area contributed by atoms with Crippen molar-refractivity contribution in [3.8, 4) is 0 Å². The summed E-state index contributed by atoms with van der Waals surface area (Å²) in [6.45, 7) is 0.0148. The first kappa shape index (κ1) is 9.54. The predicted octanol–water partition coefficient (Wildman–Crippen LogP) is 0.190. The summed E-state index contributed by atoms with van der Waals surface area (Å²) in [7, 11) is 1.68. The number of anilines is 2. The summed E-state index contributed by atoms with van der Waals surface area (Å²) in [5, 5.41) is 0. The summed E-state index contributed by atoms with van der Waals surface area (Å²) in [6, 6.07) is 7.05. The number of nitrogen functional groups attached to an aromatic ring is 1. The third kappa shape index (κ3) is 2.19. The molecule has 4 nitrogen and oxygen atoms in total. The van der Waals surface area contributed by atoms with E-state index >= 15 is 0 Å². The van der Waals surface area contributed by atoms with Gasteiger partial charge in [-0.1, -0.05) is 0 Å². The zero-order chi connectivity index (χ0) is 9.84. The molecule has 1 amide bonds. The van der Waals surface area contributed by atoms with Crippen LogP contribution in [-0.4, -0.2) is 19.5 Å². The Labute approximate surface area is 77.1 Å². The van der Waals surface area contributed by atoms with Crippen LogP contribution in [0.1, 0.15) is 0 Å². The van der Waals surface area contributed by atoms with Crippen LogP contribution in [-0.2, 0) is 4.79 Å². The maximum atomic E-state index is 11.2. The molecule has 1 aromatic carbocycles. The second kappa shape index (κ2) is 3.91. The number of hydrogen-bond donors (Lipinski definition) is 2. The molecular formula is C9H13N3O. The lowest BCUT2D eigenvalue weighted by molar-refractivity contribution is -0.117. The zero-order valence-corrected chi connectivity index (χ0v) is 7.53. The number of carbonyl (C=O) groups is 1. The second-order valence-electron chi connectivity index (χ2n) is 2.75. The van der Waals surface area contributed by atoms with Crippen LogP contribution in [0.4, 0.5) is 11.4 Å². The van der Waals surface area contributed by atoms with Crippen molar-refractivity contribution >= 4 is 17.3 Å². The van der Waals surface area contributed by atoms with Crippen molar-refractivity contribution in [2.75, 3.05) is 24.2 Å². The van der Waals surface area contributed by atoms with Gasteiger partial charge in [-0.3, -0.25) is 4.79 Å². The molecule has 0 aromatic heterocycles. The van der Waals surface area contributed by atoms with Crippen LogP contribution >= 0.6 is 0 Å². The fraction of sp³-hybridized carbons (Fsp3) is 0.222. The van der Waals surface area contributed by atoms with Crippen LogP contribution in [0.15, 0.2) is 24.3 Å². The third-order valence-corrected chi connectivity index (χ3v) is 1.83. The summed E-state index contributed by atoms with van der Waals surface area (Å²) in [4.78, 5) is 12.7. The predicted molar refractivity (Wildman–Crippen MR) is 53.3 cm³/mol. The van der Waals surface area contributed by atoms with Gasteiger partial charge in [0.15, 0.2) is 0 Å². The summed E-state index contributed by atoms with van der Waals surface area (Å²) >= 11 is 0. The highest BCUT2D eigenvalue weighted by atomic mass is 16.2. The molecule has 13 heavy (non-hydrogen) atoms. The van der Waals surface area contributed by atoms with E-state index in [-0.39, 0.29) is 12.5 Å². The quantitative estimate of drug-likeness (QED) is 0.636. The van der Waals surface area contributed by atoms with Gasteiger partial charge in [0.25, 0.3) is 0 Å². The summed E-state index contributed by atoms with van der Waals surface area (Å²) < 4.78 is 0. The molecule has 4 N–H and O–H groups in total. The highest BCUT2D eigenvalue weighted by molar-refractivity contribution is 5.94. The maximum Gasteiger partial charge on any atom is 0.240 e. The van der Waals surface area contributed by atoms with Gasteiger partial charge >= 0.3 is 0 Å². The normalized spacial score (nSPS) is 9.69. The van der Waals surface area contributed by atoms with E-state index < -0.39 is 0 Å². The molecule has 1 rings (SSSR count). The molecule has 0 aliphatic rings. The molecule has 70 valence electrons. The van der Waals surface area contributed by atoms with Crippen LogP contribution < -0.4 is 16.4 Å². The van der Waals surface area contributed by atoms with E-state index in [1.807, 2.05) is 0 Å². The average Bonchev–Trinajstić information content (AvgIpc) is 2.17. The molecule has 0 saturated heterocycles. The van der Waals surface area contributed by atoms with Gasteiger partial charge in [0, 0.05) is 18.4 Å². The Morgan fingerprint density at radius 3 is 2.38 bits per heavy atom. The first-order valence-corrected chi connectivity index (χ1v) is 3.97. The van der Waals surface area contributed by atoms with Crippen LogP contribution in [0.3, 0.4) is 0 Å². The number of carbonyl (C=O) groups excluding carboxylic acids is 1. The monoisotopic (exact) mass is 179 g/mol. The lowest BCUT2D eigenvalue weighted by atomic mass is 10.2.